The molecular weight excluding hydrogens is 388 g/mol. The van der Waals surface area contributed by atoms with Crippen LogP contribution in [0.25, 0.3) is 0 Å². The second-order valence-corrected chi connectivity index (χ2v) is 6.69. The first-order valence-corrected chi connectivity index (χ1v) is 10.1. The van der Waals surface area contributed by atoms with Gasteiger partial charge in [-0.25, -0.2) is 4.79 Å². The largest absolute Gasteiger partial charge is 0.494 e. The number of amides is 1. The second-order valence-electron chi connectivity index (χ2n) is 6.29. The van der Waals surface area contributed by atoms with Gasteiger partial charge in [0.25, 0.3) is 5.91 Å². The Morgan fingerprint density at radius 1 is 0.931 bits per heavy atom. The number of anilines is 1. The van der Waals surface area contributed by atoms with Crippen LogP contribution in [0.1, 0.15) is 53.8 Å². The molecule has 2 rings (SSSR count). The standard InChI is InChI=1S/C22H26N2O4S/c1-3-5-6-15-28-19-13-9-16(10-14-19)20(25)24-22(29)23-18-11-7-17(8-12-18)21(26)27-4-2/h7-14H,3-6,15H2,1-2H3,(H2,23,24,25,29). The summed E-state index contributed by atoms with van der Waals surface area (Å²) >= 11 is 5.19. The Morgan fingerprint density at radius 3 is 2.21 bits per heavy atom. The zero-order chi connectivity index (χ0) is 21.1. The Labute approximate surface area is 176 Å². The van der Waals surface area contributed by atoms with Gasteiger partial charge in [-0.15, -0.1) is 0 Å². The molecule has 6 nitrogen and oxygen atoms in total. The van der Waals surface area contributed by atoms with Crippen LogP contribution in [0, 0.1) is 0 Å². The van der Waals surface area contributed by atoms with E-state index in [0.29, 0.717) is 30.0 Å². The summed E-state index contributed by atoms with van der Waals surface area (Å²) in [6.07, 6.45) is 3.29. The van der Waals surface area contributed by atoms with Gasteiger partial charge in [0.05, 0.1) is 18.8 Å². The molecule has 0 atom stereocenters. The summed E-state index contributed by atoms with van der Waals surface area (Å²) < 4.78 is 10.6. The maximum absolute atomic E-state index is 12.3. The predicted molar refractivity (Wildman–Crippen MR) is 118 cm³/mol. The summed E-state index contributed by atoms with van der Waals surface area (Å²) in [7, 11) is 0. The van der Waals surface area contributed by atoms with Gasteiger partial charge in [0, 0.05) is 11.3 Å². The molecule has 29 heavy (non-hydrogen) atoms. The van der Waals surface area contributed by atoms with Crippen molar-refractivity contribution in [1.82, 2.24) is 5.32 Å². The highest BCUT2D eigenvalue weighted by Gasteiger charge is 2.09. The van der Waals surface area contributed by atoms with Crippen LogP contribution in [-0.2, 0) is 4.74 Å². The zero-order valence-corrected chi connectivity index (χ0v) is 17.5. The van der Waals surface area contributed by atoms with Gasteiger partial charge in [-0.1, -0.05) is 19.8 Å². The van der Waals surface area contributed by atoms with Gasteiger partial charge in [0.1, 0.15) is 5.75 Å². The highest BCUT2D eigenvalue weighted by molar-refractivity contribution is 7.80. The lowest BCUT2D eigenvalue weighted by atomic mass is 10.2. The molecule has 2 aromatic carbocycles. The first-order chi connectivity index (χ1) is 14.0. The van der Waals surface area contributed by atoms with Gasteiger partial charge >= 0.3 is 5.97 Å². The number of hydrogen-bond donors (Lipinski definition) is 2. The minimum atomic E-state index is -0.382. The van der Waals surface area contributed by atoms with Gasteiger partial charge in [-0.3, -0.25) is 10.1 Å². The lowest BCUT2D eigenvalue weighted by Gasteiger charge is -2.11. The summed E-state index contributed by atoms with van der Waals surface area (Å²) in [6.45, 7) is 4.89. The van der Waals surface area contributed by atoms with Crippen LogP contribution >= 0.6 is 12.2 Å². The number of hydrogen-bond acceptors (Lipinski definition) is 5. The summed E-state index contributed by atoms with van der Waals surface area (Å²) in [5.74, 6) is 0.0379. The number of carbonyl (C=O) groups is 2. The minimum Gasteiger partial charge on any atom is -0.494 e. The quantitative estimate of drug-likeness (QED) is 0.356. The molecule has 154 valence electrons. The average molecular weight is 415 g/mol. The fourth-order valence-corrected chi connectivity index (χ4v) is 2.70. The molecular formula is C22H26N2O4S. The fourth-order valence-electron chi connectivity index (χ4n) is 2.49. The molecule has 0 saturated carbocycles. The third-order valence-electron chi connectivity index (χ3n) is 4.01. The first-order valence-electron chi connectivity index (χ1n) is 9.65. The molecule has 2 N–H and O–H groups in total. The van der Waals surface area contributed by atoms with Gasteiger partial charge in [-0.05, 0) is 74.1 Å². The normalized spacial score (nSPS) is 10.1. The van der Waals surface area contributed by atoms with E-state index in [1.54, 1.807) is 55.5 Å². The second kappa shape index (κ2) is 11.8. The maximum atomic E-state index is 12.3. The van der Waals surface area contributed by atoms with Crippen LogP contribution in [0.4, 0.5) is 5.69 Å². The van der Waals surface area contributed by atoms with Crippen molar-refractivity contribution in [3.8, 4) is 5.75 Å². The van der Waals surface area contributed by atoms with Crippen molar-refractivity contribution >= 4 is 34.9 Å². The summed E-state index contributed by atoms with van der Waals surface area (Å²) in [4.78, 5) is 24.0. The van der Waals surface area contributed by atoms with Crippen molar-refractivity contribution < 1.29 is 19.1 Å². The van der Waals surface area contributed by atoms with E-state index >= 15 is 0 Å². The molecule has 0 spiro atoms. The monoisotopic (exact) mass is 414 g/mol. The van der Waals surface area contributed by atoms with Gasteiger partial charge in [-0.2, -0.15) is 0 Å². The Morgan fingerprint density at radius 2 is 1.59 bits per heavy atom. The number of thiocarbonyl (C=S) groups is 1. The average Bonchev–Trinajstić information content (AvgIpc) is 2.72. The SMILES string of the molecule is CCCCCOc1ccc(C(=O)NC(=S)Nc2ccc(C(=O)OCC)cc2)cc1. The molecule has 0 heterocycles. The lowest BCUT2D eigenvalue weighted by Crippen LogP contribution is -2.34. The lowest BCUT2D eigenvalue weighted by molar-refractivity contribution is 0.0526. The first kappa shape index (κ1) is 22.4. The van der Waals surface area contributed by atoms with E-state index in [9.17, 15) is 9.59 Å². The summed E-state index contributed by atoms with van der Waals surface area (Å²) in [6, 6.07) is 13.6. The van der Waals surface area contributed by atoms with Gasteiger partial charge < -0.3 is 14.8 Å². The molecule has 2 aromatic rings. The highest BCUT2D eigenvalue weighted by Crippen LogP contribution is 2.14. The third kappa shape index (κ3) is 7.54. The van der Waals surface area contributed by atoms with Gasteiger partial charge in [0.15, 0.2) is 5.11 Å². The molecule has 0 unspecified atom stereocenters. The van der Waals surface area contributed by atoms with Crippen molar-refractivity contribution in [2.75, 3.05) is 18.5 Å². The van der Waals surface area contributed by atoms with Crippen molar-refractivity contribution in [3.05, 3.63) is 59.7 Å². The van der Waals surface area contributed by atoms with E-state index in [2.05, 4.69) is 17.6 Å². The van der Waals surface area contributed by atoms with Crippen molar-refractivity contribution in [1.29, 1.82) is 0 Å². The fraction of sp³-hybridized carbons (Fsp3) is 0.318. The van der Waals surface area contributed by atoms with E-state index in [1.807, 2.05) is 0 Å². The molecule has 0 aromatic heterocycles. The van der Waals surface area contributed by atoms with E-state index in [0.717, 1.165) is 25.0 Å². The minimum absolute atomic E-state index is 0.166. The van der Waals surface area contributed by atoms with E-state index < -0.39 is 0 Å². The third-order valence-corrected chi connectivity index (χ3v) is 4.22. The highest BCUT2D eigenvalue weighted by atomic mass is 32.1. The van der Waals surface area contributed by atoms with E-state index in [4.69, 9.17) is 21.7 Å². The molecule has 0 aliphatic heterocycles. The molecule has 0 radical (unpaired) electrons. The molecule has 7 heteroatoms. The molecule has 0 fully saturated rings. The van der Waals surface area contributed by atoms with E-state index in [-0.39, 0.29) is 17.0 Å². The van der Waals surface area contributed by atoms with Crippen LogP contribution in [0.2, 0.25) is 0 Å². The Bertz CT molecular complexity index is 820. The van der Waals surface area contributed by atoms with Crippen molar-refractivity contribution in [2.45, 2.75) is 33.1 Å². The number of carbonyl (C=O) groups excluding carboxylic acids is 2. The van der Waals surface area contributed by atoms with Crippen LogP contribution in [-0.4, -0.2) is 30.2 Å². The molecule has 0 aliphatic carbocycles. The van der Waals surface area contributed by atoms with Crippen molar-refractivity contribution in [2.24, 2.45) is 0 Å². The number of esters is 1. The maximum Gasteiger partial charge on any atom is 0.338 e. The van der Waals surface area contributed by atoms with E-state index in [1.165, 1.54) is 0 Å². The summed E-state index contributed by atoms with van der Waals surface area (Å²) in [5, 5.41) is 5.71. The Balaban J connectivity index is 1.84. The number of benzene rings is 2. The van der Waals surface area contributed by atoms with Crippen molar-refractivity contribution in [3.63, 3.8) is 0 Å². The van der Waals surface area contributed by atoms with Gasteiger partial charge in [0.2, 0.25) is 0 Å². The number of unbranched alkanes of at least 4 members (excludes halogenated alkanes) is 2. The zero-order valence-electron chi connectivity index (χ0n) is 16.7. The van der Waals surface area contributed by atoms with Crippen LogP contribution in [0.5, 0.6) is 5.75 Å². The molecule has 1 amide bonds. The van der Waals surface area contributed by atoms with Crippen LogP contribution in [0.3, 0.4) is 0 Å². The number of rotatable bonds is 9. The summed E-state index contributed by atoms with van der Waals surface area (Å²) in [5.41, 5.74) is 1.58. The number of ether oxygens (including phenoxy) is 2. The smallest absolute Gasteiger partial charge is 0.338 e. The number of nitrogens with one attached hydrogen (secondary N) is 2. The molecule has 0 saturated heterocycles. The Kier molecular flexibility index (Phi) is 9.11. The molecule has 0 aliphatic rings. The Hall–Kier alpha value is -2.93. The van der Waals surface area contributed by atoms with Crippen LogP contribution in [0.15, 0.2) is 48.5 Å². The predicted octanol–water partition coefficient (Wildman–Crippen LogP) is 4.56. The topological polar surface area (TPSA) is 76.7 Å². The molecule has 0 bridgehead atoms. The van der Waals surface area contributed by atoms with Crippen LogP contribution < -0.4 is 15.4 Å².